The minimum Gasteiger partial charge on any atom is -0.489 e. The van der Waals surface area contributed by atoms with Crippen molar-refractivity contribution in [1.82, 2.24) is 15.1 Å². The maximum atomic E-state index is 11.2. The van der Waals surface area contributed by atoms with Gasteiger partial charge in [0, 0.05) is 29.8 Å². The Bertz CT molecular complexity index is 1580. The minimum atomic E-state index is -1.05. The molecule has 0 atom stereocenters. The number of benzene rings is 2. The number of carboxylic acid groups (broad SMARTS) is 1. The lowest BCUT2D eigenvalue weighted by Gasteiger charge is -2.10. The molecule has 5 rings (SSSR count). The van der Waals surface area contributed by atoms with Crippen LogP contribution in [0.15, 0.2) is 71.5 Å². The fourth-order valence-corrected chi connectivity index (χ4v) is 4.62. The first-order valence-electron chi connectivity index (χ1n) is 11.6. The van der Waals surface area contributed by atoms with Crippen LogP contribution in [0.5, 0.6) is 5.75 Å². The predicted octanol–water partition coefficient (Wildman–Crippen LogP) is 7.49. The molecule has 0 aliphatic heterocycles. The third-order valence-electron chi connectivity index (χ3n) is 5.92. The quantitative estimate of drug-likeness (QED) is 0.220. The molecule has 0 aliphatic rings. The van der Waals surface area contributed by atoms with Crippen LogP contribution in [-0.2, 0) is 13.0 Å². The fraction of sp³-hybridized carbons (Fsp3) is 0.143. The molecule has 7 nitrogen and oxygen atoms in total. The lowest BCUT2D eigenvalue weighted by molar-refractivity contribution is 0.0691. The van der Waals surface area contributed by atoms with Crippen LogP contribution in [0.1, 0.15) is 35.2 Å². The maximum absolute atomic E-state index is 11.2. The Labute approximate surface area is 222 Å². The number of halogens is 2. The van der Waals surface area contributed by atoms with E-state index >= 15 is 0 Å². The van der Waals surface area contributed by atoms with E-state index in [9.17, 15) is 4.79 Å². The van der Waals surface area contributed by atoms with Gasteiger partial charge in [0.25, 0.3) is 0 Å². The average molecular weight is 534 g/mol. The number of nitrogens with zero attached hydrogens (tertiary/aromatic N) is 3. The average Bonchev–Trinajstić information content (AvgIpc) is 3.29. The summed E-state index contributed by atoms with van der Waals surface area (Å²) in [6, 6.07) is 16.7. The lowest BCUT2D eigenvalue weighted by Crippen LogP contribution is -2.00. The van der Waals surface area contributed by atoms with Crippen LogP contribution in [0.25, 0.3) is 33.3 Å². The molecule has 3 aromatic heterocycles. The summed E-state index contributed by atoms with van der Waals surface area (Å²) in [5.41, 5.74) is 4.54. The molecule has 186 valence electrons. The molecule has 0 unspecified atom stereocenters. The molecule has 9 heteroatoms. The van der Waals surface area contributed by atoms with Crippen molar-refractivity contribution in [1.29, 1.82) is 0 Å². The fourth-order valence-electron chi connectivity index (χ4n) is 4.07. The Morgan fingerprint density at radius 1 is 1.00 bits per heavy atom. The molecular formula is C28H21Cl2N3O4. The molecule has 1 N–H and O–H groups in total. The molecule has 0 fully saturated rings. The second-order valence-electron chi connectivity index (χ2n) is 8.38. The molecule has 37 heavy (non-hydrogen) atoms. The van der Waals surface area contributed by atoms with Crippen LogP contribution in [0.2, 0.25) is 10.0 Å². The summed E-state index contributed by atoms with van der Waals surface area (Å²) in [7, 11) is 0. The summed E-state index contributed by atoms with van der Waals surface area (Å²) >= 11 is 12.7. The third kappa shape index (κ3) is 5.14. The van der Waals surface area contributed by atoms with Crippen molar-refractivity contribution in [3.63, 3.8) is 0 Å². The highest BCUT2D eigenvalue weighted by Gasteiger charge is 2.22. The Hall–Kier alpha value is -3.94. The van der Waals surface area contributed by atoms with Gasteiger partial charge >= 0.3 is 5.97 Å². The van der Waals surface area contributed by atoms with E-state index in [0.29, 0.717) is 39.0 Å². The first-order valence-corrected chi connectivity index (χ1v) is 12.3. The SMILES string of the molecule is CCCc1onc(-c2c(Cl)cncc2Cl)c1COc1ccc(-c2ccc3nc(C(=O)O)ccc3c2)cc1. The number of fused-ring (bicyclic) bond motifs is 1. The van der Waals surface area contributed by atoms with Crippen LogP contribution in [0, 0.1) is 0 Å². The highest BCUT2D eigenvalue weighted by Crippen LogP contribution is 2.37. The molecule has 0 amide bonds. The van der Waals surface area contributed by atoms with Gasteiger partial charge in [-0.15, -0.1) is 0 Å². The van der Waals surface area contributed by atoms with Gasteiger partial charge in [0.05, 0.1) is 21.1 Å². The highest BCUT2D eigenvalue weighted by atomic mass is 35.5. The van der Waals surface area contributed by atoms with Crippen molar-refractivity contribution in [2.75, 3.05) is 0 Å². The first kappa shape index (κ1) is 24.7. The number of carbonyl (C=O) groups is 1. The molecule has 0 aliphatic carbocycles. The van der Waals surface area contributed by atoms with Crippen molar-refractivity contribution in [2.24, 2.45) is 0 Å². The summed E-state index contributed by atoms with van der Waals surface area (Å²) < 4.78 is 11.7. The van der Waals surface area contributed by atoms with E-state index in [1.165, 1.54) is 18.5 Å². The van der Waals surface area contributed by atoms with Gasteiger partial charge in [-0.3, -0.25) is 4.98 Å². The van der Waals surface area contributed by atoms with Crippen molar-refractivity contribution < 1.29 is 19.2 Å². The lowest BCUT2D eigenvalue weighted by atomic mass is 10.0. The Morgan fingerprint density at radius 3 is 2.43 bits per heavy atom. The zero-order chi connectivity index (χ0) is 25.9. The number of aromatic nitrogens is 3. The van der Waals surface area contributed by atoms with E-state index in [2.05, 4.69) is 22.0 Å². The van der Waals surface area contributed by atoms with E-state index in [1.54, 1.807) is 6.07 Å². The number of aromatic carboxylic acids is 1. The molecule has 3 heterocycles. The van der Waals surface area contributed by atoms with Crippen molar-refractivity contribution >= 4 is 40.1 Å². The number of rotatable bonds is 8. The van der Waals surface area contributed by atoms with Gasteiger partial charge in [-0.25, -0.2) is 9.78 Å². The van der Waals surface area contributed by atoms with Gasteiger partial charge in [-0.1, -0.05) is 59.5 Å². The zero-order valence-corrected chi connectivity index (χ0v) is 21.3. The summed E-state index contributed by atoms with van der Waals surface area (Å²) in [5.74, 6) is 0.362. The maximum Gasteiger partial charge on any atom is 0.354 e. The monoisotopic (exact) mass is 533 g/mol. The normalized spacial score (nSPS) is 11.1. The molecule has 0 saturated carbocycles. The molecule has 0 saturated heterocycles. The molecular weight excluding hydrogens is 513 g/mol. The number of aryl methyl sites for hydroxylation is 1. The van der Waals surface area contributed by atoms with Crippen LogP contribution in [-0.4, -0.2) is 26.2 Å². The van der Waals surface area contributed by atoms with E-state index < -0.39 is 5.97 Å². The van der Waals surface area contributed by atoms with Crippen LogP contribution in [0.3, 0.4) is 0 Å². The van der Waals surface area contributed by atoms with E-state index in [-0.39, 0.29) is 12.3 Å². The molecule has 2 aromatic carbocycles. The van der Waals surface area contributed by atoms with Gasteiger partial charge in [-0.2, -0.15) is 0 Å². The van der Waals surface area contributed by atoms with Gasteiger partial charge in [0.15, 0.2) is 0 Å². The van der Waals surface area contributed by atoms with Gasteiger partial charge in [-0.05, 0) is 47.9 Å². The Balaban J connectivity index is 1.37. The number of pyridine rings is 2. The predicted molar refractivity (Wildman–Crippen MR) is 142 cm³/mol. The van der Waals surface area contributed by atoms with Crippen LogP contribution in [0.4, 0.5) is 0 Å². The standard InChI is InChI=1S/C28H21Cl2N3O4/c1-2-3-25-20(27(33-37-25)26-21(29)13-31-14-22(26)30)15-36-19-8-4-16(5-9-19)17-6-10-23-18(12-17)7-11-24(32-23)28(34)35/h4-14H,2-3,15H2,1H3,(H,34,35). The van der Waals surface area contributed by atoms with Crippen LogP contribution >= 0.6 is 23.2 Å². The summed E-state index contributed by atoms with van der Waals surface area (Å²) in [6.07, 6.45) is 4.63. The summed E-state index contributed by atoms with van der Waals surface area (Å²) in [4.78, 5) is 19.4. The smallest absolute Gasteiger partial charge is 0.354 e. The Morgan fingerprint density at radius 2 is 1.73 bits per heavy atom. The van der Waals surface area contributed by atoms with Crippen molar-refractivity contribution in [3.05, 3.63) is 94.1 Å². The highest BCUT2D eigenvalue weighted by molar-refractivity contribution is 6.38. The second kappa shape index (κ2) is 10.6. The summed E-state index contributed by atoms with van der Waals surface area (Å²) in [6.45, 7) is 2.29. The van der Waals surface area contributed by atoms with Gasteiger partial charge in [0.1, 0.15) is 29.5 Å². The van der Waals surface area contributed by atoms with Gasteiger partial charge < -0.3 is 14.4 Å². The van der Waals surface area contributed by atoms with Gasteiger partial charge in [0.2, 0.25) is 0 Å². The largest absolute Gasteiger partial charge is 0.489 e. The number of hydrogen-bond donors (Lipinski definition) is 1. The van der Waals surface area contributed by atoms with E-state index in [4.69, 9.17) is 37.6 Å². The zero-order valence-electron chi connectivity index (χ0n) is 19.7. The topological polar surface area (TPSA) is 98.3 Å². The Kier molecular flexibility index (Phi) is 7.08. The first-order chi connectivity index (χ1) is 17.9. The number of carboxylic acids is 1. The number of hydrogen-bond acceptors (Lipinski definition) is 6. The molecule has 0 spiro atoms. The third-order valence-corrected chi connectivity index (χ3v) is 6.49. The minimum absolute atomic E-state index is 0.0216. The van der Waals surface area contributed by atoms with E-state index in [1.807, 2.05) is 42.5 Å². The van der Waals surface area contributed by atoms with Crippen molar-refractivity contribution in [2.45, 2.75) is 26.4 Å². The summed E-state index contributed by atoms with van der Waals surface area (Å²) in [5, 5.41) is 15.0. The molecule has 5 aromatic rings. The number of ether oxygens (including phenoxy) is 1. The molecule has 0 bridgehead atoms. The second-order valence-corrected chi connectivity index (χ2v) is 9.20. The van der Waals surface area contributed by atoms with Crippen LogP contribution < -0.4 is 4.74 Å². The van der Waals surface area contributed by atoms with E-state index in [0.717, 1.165) is 34.3 Å². The van der Waals surface area contributed by atoms with Crippen molar-refractivity contribution in [3.8, 4) is 28.1 Å². The molecule has 0 radical (unpaired) electrons.